The zero-order chi connectivity index (χ0) is 22.4. The zero-order valence-corrected chi connectivity index (χ0v) is 18.6. The molecule has 5 heteroatoms. The summed E-state index contributed by atoms with van der Waals surface area (Å²) in [5.74, 6) is -0.751. The van der Waals surface area contributed by atoms with Crippen LogP contribution in [0.15, 0.2) is 54.1 Å². The lowest BCUT2D eigenvalue weighted by atomic mass is 9.94. The molecule has 0 aliphatic carbocycles. The van der Waals surface area contributed by atoms with Gasteiger partial charge in [-0.15, -0.1) is 0 Å². The van der Waals surface area contributed by atoms with Crippen molar-refractivity contribution in [3.05, 3.63) is 70.8 Å². The lowest BCUT2D eigenvalue weighted by Crippen LogP contribution is -2.30. The van der Waals surface area contributed by atoms with Crippen LogP contribution in [0.1, 0.15) is 62.8 Å². The number of hydrogen-bond acceptors (Lipinski definition) is 4. The van der Waals surface area contributed by atoms with Crippen LogP contribution < -0.4 is 4.74 Å². The third-order valence-corrected chi connectivity index (χ3v) is 5.66. The number of Topliss-reactive ketones (excluding diaryl/α,β-unsaturated/α-hetero) is 1. The number of unbranched alkanes of at least 4 members (excludes halogenated alkanes) is 2. The van der Waals surface area contributed by atoms with E-state index in [4.69, 9.17) is 4.74 Å². The van der Waals surface area contributed by atoms with E-state index >= 15 is 0 Å². The molecule has 0 saturated carbocycles. The Morgan fingerprint density at radius 2 is 1.77 bits per heavy atom. The zero-order valence-electron chi connectivity index (χ0n) is 18.6. The molecule has 1 saturated heterocycles. The topological polar surface area (TPSA) is 66.8 Å². The Morgan fingerprint density at radius 3 is 2.42 bits per heavy atom. The minimum atomic E-state index is -0.639. The van der Waals surface area contributed by atoms with E-state index in [1.54, 1.807) is 29.2 Å². The third-order valence-electron chi connectivity index (χ3n) is 5.66. The third kappa shape index (κ3) is 4.82. The standard InChI is InChI=1S/C26H31NO4/c1-4-7-8-16-27-23(19-14-12-18(5-2)13-15-19)22(25(29)26(27)30)24(28)20-10-9-11-21(17-20)31-6-3/h9-15,17,23,28H,4-8,16H2,1-3H3/b24-22-. The average Bonchev–Trinajstić information content (AvgIpc) is 3.04. The molecule has 2 aromatic rings. The second-order valence-corrected chi connectivity index (χ2v) is 7.76. The molecule has 2 aromatic carbocycles. The molecule has 1 fully saturated rings. The minimum absolute atomic E-state index is 0.138. The minimum Gasteiger partial charge on any atom is -0.507 e. The molecule has 1 unspecified atom stereocenters. The molecular formula is C26H31NO4. The fourth-order valence-corrected chi connectivity index (χ4v) is 3.98. The van der Waals surface area contributed by atoms with Crippen molar-refractivity contribution in [3.8, 4) is 5.75 Å². The molecule has 0 bridgehead atoms. The smallest absolute Gasteiger partial charge is 0.295 e. The van der Waals surface area contributed by atoms with Crippen molar-refractivity contribution in [2.75, 3.05) is 13.2 Å². The van der Waals surface area contributed by atoms with Gasteiger partial charge in [-0.1, -0.05) is 63.1 Å². The van der Waals surface area contributed by atoms with Crippen LogP contribution in [0.3, 0.4) is 0 Å². The van der Waals surface area contributed by atoms with Gasteiger partial charge >= 0.3 is 0 Å². The molecule has 1 atom stereocenters. The summed E-state index contributed by atoms with van der Waals surface area (Å²) in [5.41, 5.74) is 2.61. The number of amides is 1. The molecule has 31 heavy (non-hydrogen) atoms. The van der Waals surface area contributed by atoms with Crippen molar-refractivity contribution in [3.63, 3.8) is 0 Å². The summed E-state index contributed by atoms with van der Waals surface area (Å²) >= 11 is 0. The van der Waals surface area contributed by atoms with Gasteiger partial charge in [0.2, 0.25) is 0 Å². The molecule has 1 amide bonds. The molecule has 5 nitrogen and oxygen atoms in total. The number of carbonyl (C=O) groups is 2. The highest BCUT2D eigenvalue weighted by molar-refractivity contribution is 6.46. The molecule has 164 valence electrons. The van der Waals surface area contributed by atoms with Gasteiger partial charge in [-0.05, 0) is 43.0 Å². The lowest BCUT2D eigenvalue weighted by molar-refractivity contribution is -0.139. The highest BCUT2D eigenvalue weighted by Crippen LogP contribution is 2.40. The largest absolute Gasteiger partial charge is 0.507 e. The molecule has 1 aliphatic heterocycles. The van der Waals surface area contributed by atoms with Crippen LogP contribution in [0.25, 0.3) is 5.76 Å². The van der Waals surface area contributed by atoms with E-state index in [0.717, 1.165) is 31.2 Å². The Labute approximate surface area is 184 Å². The molecule has 1 heterocycles. The maximum absolute atomic E-state index is 13.0. The summed E-state index contributed by atoms with van der Waals surface area (Å²) < 4.78 is 5.53. The van der Waals surface area contributed by atoms with Crippen molar-refractivity contribution in [1.29, 1.82) is 0 Å². The maximum Gasteiger partial charge on any atom is 0.295 e. The van der Waals surface area contributed by atoms with Crippen LogP contribution in [0.2, 0.25) is 0 Å². The van der Waals surface area contributed by atoms with Gasteiger partial charge in [0.15, 0.2) is 0 Å². The number of ketones is 1. The molecule has 1 N–H and O–H groups in total. The van der Waals surface area contributed by atoms with Crippen molar-refractivity contribution in [1.82, 2.24) is 4.90 Å². The summed E-state index contributed by atoms with van der Waals surface area (Å²) in [7, 11) is 0. The van der Waals surface area contributed by atoms with Gasteiger partial charge in [0.1, 0.15) is 11.5 Å². The van der Waals surface area contributed by atoms with E-state index in [2.05, 4.69) is 13.8 Å². The van der Waals surface area contributed by atoms with Crippen molar-refractivity contribution >= 4 is 17.4 Å². The number of hydrogen-bond donors (Lipinski definition) is 1. The van der Waals surface area contributed by atoms with Gasteiger partial charge in [0.25, 0.3) is 11.7 Å². The monoisotopic (exact) mass is 421 g/mol. The van der Waals surface area contributed by atoms with Crippen molar-refractivity contribution in [2.24, 2.45) is 0 Å². The quantitative estimate of drug-likeness (QED) is 0.260. The van der Waals surface area contributed by atoms with Crippen LogP contribution in [-0.4, -0.2) is 34.8 Å². The number of aryl methyl sites for hydroxylation is 1. The number of aliphatic hydroxyl groups excluding tert-OH is 1. The molecule has 0 radical (unpaired) electrons. The number of carbonyl (C=O) groups excluding carboxylic acids is 2. The summed E-state index contributed by atoms with van der Waals surface area (Å²) in [4.78, 5) is 27.6. The normalized spacial score (nSPS) is 17.9. The predicted molar refractivity (Wildman–Crippen MR) is 122 cm³/mol. The molecular weight excluding hydrogens is 390 g/mol. The summed E-state index contributed by atoms with van der Waals surface area (Å²) in [6.45, 7) is 7.04. The molecule has 1 aliphatic rings. The van der Waals surface area contributed by atoms with E-state index < -0.39 is 17.7 Å². The highest BCUT2D eigenvalue weighted by atomic mass is 16.5. The summed E-state index contributed by atoms with van der Waals surface area (Å²) in [6.07, 6.45) is 3.71. The lowest BCUT2D eigenvalue weighted by Gasteiger charge is -2.25. The Kier molecular flexibility index (Phi) is 7.50. The first kappa shape index (κ1) is 22.6. The second-order valence-electron chi connectivity index (χ2n) is 7.76. The first-order valence-corrected chi connectivity index (χ1v) is 11.1. The van der Waals surface area contributed by atoms with E-state index in [-0.39, 0.29) is 11.3 Å². The Bertz CT molecular complexity index is 962. The fraction of sp³-hybridized carbons (Fsp3) is 0.385. The first-order chi connectivity index (χ1) is 15.0. The van der Waals surface area contributed by atoms with Crippen LogP contribution in [0.4, 0.5) is 0 Å². The van der Waals surface area contributed by atoms with Gasteiger partial charge in [-0.25, -0.2) is 0 Å². The number of aliphatic hydroxyl groups is 1. The molecule has 0 aromatic heterocycles. The Balaban J connectivity index is 2.10. The number of ether oxygens (including phenoxy) is 1. The Morgan fingerprint density at radius 1 is 1.03 bits per heavy atom. The van der Waals surface area contributed by atoms with E-state index in [9.17, 15) is 14.7 Å². The number of nitrogens with zero attached hydrogens (tertiary/aromatic N) is 1. The maximum atomic E-state index is 13.0. The van der Waals surface area contributed by atoms with Crippen LogP contribution >= 0.6 is 0 Å². The van der Waals surface area contributed by atoms with Crippen molar-refractivity contribution < 1.29 is 19.4 Å². The summed E-state index contributed by atoms with van der Waals surface area (Å²) in [6, 6.07) is 14.3. The number of rotatable bonds is 9. The second kappa shape index (κ2) is 10.3. The predicted octanol–water partition coefficient (Wildman–Crippen LogP) is 5.26. The van der Waals surface area contributed by atoms with Gasteiger partial charge in [0.05, 0.1) is 18.2 Å². The van der Waals surface area contributed by atoms with E-state index in [0.29, 0.717) is 24.5 Å². The number of benzene rings is 2. The Hall–Kier alpha value is -3.08. The molecule has 3 rings (SSSR count). The van der Waals surface area contributed by atoms with Gasteiger partial charge in [0, 0.05) is 12.1 Å². The fourth-order valence-electron chi connectivity index (χ4n) is 3.98. The van der Waals surface area contributed by atoms with Crippen LogP contribution in [0, 0.1) is 0 Å². The SMILES string of the molecule is CCCCCN1C(=O)C(=O)/C(=C(\O)c2cccc(OCC)c2)C1c1ccc(CC)cc1. The van der Waals surface area contributed by atoms with Gasteiger partial charge in [-0.3, -0.25) is 9.59 Å². The van der Waals surface area contributed by atoms with Crippen LogP contribution in [0.5, 0.6) is 5.75 Å². The average molecular weight is 422 g/mol. The van der Waals surface area contributed by atoms with Crippen molar-refractivity contribution in [2.45, 2.75) is 52.5 Å². The van der Waals surface area contributed by atoms with E-state index in [1.165, 1.54) is 5.56 Å². The first-order valence-electron chi connectivity index (χ1n) is 11.1. The molecule has 0 spiro atoms. The summed E-state index contributed by atoms with van der Waals surface area (Å²) in [5, 5.41) is 11.1. The number of likely N-dealkylation sites (tertiary alicyclic amines) is 1. The van der Waals surface area contributed by atoms with E-state index in [1.807, 2.05) is 31.2 Å². The van der Waals surface area contributed by atoms with Crippen LogP contribution in [-0.2, 0) is 16.0 Å². The van der Waals surface area contributed by atoms with Gasteiger partial charge < -0.3 is 14.7 Å². The van der Waals surface area contributed by atoms with Gasteiger partial charge in [-0.2, -0.15) is 0 Å². The highest BCUT2D eigenvalue weighted by Gasteiger charge is 2.45.